The van der Waals surface area contributed by atoms with Gasteiger partial charge in [0.15, 0.2) is 0 Å². The molecule has 0 aliphatic rings. The molecule has 0 spiro atoms. The standard InChI is InChI=1S/C15H21FN2O/c1-2-3-4-5-6-11-15(19)18-17-12-13-9-7-8-10-14(13)16/h7-10,12H,2-6,11H2,1H3,(H,18,19)/b17-12+. The largest absolute Gasteiger partial charge is 0.273 e. The Hall–Kier alpha value is -1.71. The van der Waals surface area contributed by atoms with Crippen LogP contribution < -0.4 is 5.43 Å². The predicted molar refractivity (Wildman–Crippen MR) is 75.5 cm³/mol. The molecule has 0 aliphatic carbocycles. The molecule has 0 aromatic heterocycles. The highest BCUT2D eigenvalue weighted by atomic mass is 19.1. The van der Waals surface area contributed by atoms with Crippen molar-refractivity contribution >= 4 is 12.1 Å². The van der Waals surface area contributed by atoms with Crippen molar-refractivity contribution < 1.29 is 9.18 Å². The molecule has 3 nitrogen and oxygen atoms in total. The van der Waals surface area contributed by atoms with Gasteiger partial charge < -0.3 is 0 Å². The lowest BCUT2D eigenvalue weighted by atomic mass is 10.1. The molecular formula is C15H21FN2O. The third-order valence-electron chi connectivity index (χ3n) is 2.81. The second-order valence-corrected chi connectivity index (χ2v) is 4.48. The fraction of sp³-hybridized carbons (Fsp3) is 0.467. The van der Waals surface area contributed by atoms with Crippen LogP contribution in [0.1, 0.15) is 51.0 Å². The maximum Gasteiger partial charge on any atom is 0.240 e. The number of nitrogens with zero attached hydrogens (tertiary/aromatic N) is 1. The minimum atomic E-state index is -0.347. The number of halogens is 1. The third-order valence-corrected chi connectivity index (χ3v) is 2.81. The van der Waals surface area contributed by atoms with Gasteiger partial charge in [0.2, 0.25) is 5.91 Å². The first kappa shape index (κ1) is 15.3. The number of nitrogens with one attached hydrogen (secondary N) is 1. The van der Waals surface area contributed by atoms with E-state index in [2.05, 4.69) is 17.5 Å². The Morgan fingerprint density at radius 1 is 1.26 bits per heavy atom. The smallest absolute Gasteiger partial charge is 0.240 e. The van der Waals surface area contributed by atoms with E-state index in [0.717, 1.165) is 12.8 Å². The molecule has 19 heavy (non-hydrogen) atoms. The van der Waals surface area contributed by atoms with Crippen LogP contribution in [0, 0.1) is 5.82 Å². The zero-order chi connectivity index (χ0) is 13.9. The number of hydrazone groups is 1. The van der Waals surface area contributed by atoms with E-state index in [9.17, 15) is 9.18 Å². The van der Waals surface area contributed by atoms with Crippen molar-refractivity contribution in [1.29, 1.82) is 0 Å². The van der Waals surface area contributed by atoms with Gasteiger partial charge in [-0.3, -0.25) is 4.79 Å². The number of rotatable bonds is 8. The number of hydrogen-bond donors (Lipinski definition) is 1. The number of unbranched alkanes of at least 4 members (excludes halogenated alkanes) is 4. The van der Waals surface area contributed by atoms with Gasteiger partial charge in [0.1, 0.15) is 5.82 Å². The molecule has 0 radical (unpaired) electrons. The van der Waals surface area contributed by atoms with Crippen LogP contribution in [-0.2, 0) is 4.79 Å². The van der Waals surface area contributed by atoms with Gasteiger partial charge in [-0.1, -0.05) is 50.8 Å². The van der Waals surface area contributed by atoms with Gasteiger partial charge in [0.25, 0.3) is 0 Å². The Bertz CT molecular complexity index is 418. The van der Waals surface area contributed by atoms with E-state index in [1.54, 1.807) is 18.2 Å². The lowest BCUT2D eigenvalue weighted by molar-refractivity contribution is -0.121. The zero-order valence-electron chi connectivity index (χ0n) is 11.4. The number of carbonyl (C=O) groups is 1. The van der Waals surface area contributed by atoms with Crippen LogP contribution in [0.2, 0.25) is 0 Å². The molecule has 0 saturated heterocycles. The topological polar surface area (TPSA) is 41.5 Å². The molecule has 0 heterocycles. The molecule has 1 amide bonds. The van der Waals surface area contributed by atoms with Crippen molar-refractivity contribution in [3.63, 3.8) is 0 Å². The van der Waals surface area contributed by atoms with Gasteiger partial charge >= 0.3 is 0 Å². The summed E-state index contributed by atoms with van der Waals surface area (Å²) in [4.78, 5) is 11.4. The number of carbonyl (C=O) groups excluding carboxylic acids is 1. The Labute approximate surface area is 113 Å². The van der Waals surface area contributed by atoms with Gasteiger partial charge in [0.05, 0.1) is 6.21 Å². The first-order valence-electron chi connectivity index (χ1n) is 6.80. The van der Waals surface area contributed by atoms with Crippen LogP contribution in [0.3, 0.4) is 0 Å². The molecule has 0 fully saturated rings. The van der Waals surface area contributed by atoms with Crippen molar-refractivity contribution in [3.8, 4) is 0 Å². The summed E-state index contributed by atoms with van der Waals surface area (Å²) in [5.74, 6) is -0.468. The molecule has 0 atom stereocenters. The summed E-state index contributed by atoms with van der Waals surface area (Å²) in [6, 6.07) is 6.30. The van der Waals surface area contributed by atoms with Crippen molar-refractivity contribution in [1.82, 2.24) is 5.43 Å². The van der Waals surface area contributed by atoms with Crippen molar-refractivity contribution in [2.45, 2.75) is 45.4 Å². The third kappa shape index (κ3) is 6.70. The minimum Gasteiger partial charge on any atom is -0.273 e. The molecule has 1 rings (SSSR count). The van der Waals surface area contributed by atoms with Gasteiger partial charge in [-0.05, 0) is 12.5 Å². The molecule has 0 aliphatic heterocycles. The predicted octanol–water partition coefficient (Wildman–Crippen LogP) is 3.64. The summed E-state index contributed by atoms with van der Waals surface area (Å²) in [7, 11) is 0. The molecule has 1 aromatic rings. The molecule has 0 unspecified atom stereocenters. The normalized spacial score (nSPS) is 10.8. The van der Waals surface area contributed by atoms with Crippen LogP contribution in [0.15, 0.2) is 29.4 Å². The van der Waals surface area contributed by atoms with Crippen LogP contribution in [0.4, 0.5) is 4.39 Å². The van der Waals surface area contributed by atoms with E-state index in [1.165, 1.54) is 31.5 Å². The van der Waals surface area contributed by atoms with Crippen LogP contribution in [0.5, 0.6) is 0 Å². The highest BCUT2D eigenvalue weighted by molar-refractivity contribution is 5.82. The van der Waals surface area contributed by atoms with E-state index < -0.39 is 0 Å². The van der Waals surface area contributed by atoms with E-state index in [4.69, 9.17) is 0 Å². The molecular weight excluding hydrogens is 243 g/mol. The maximum atomic E-state index is 13.2. The van der Waals surface area contributed by atoms with Gasteiger partial charge in [0, 0.05) is 12.0 Å². The summed E-state index contributed by atoms with van der Waals surface area (Å²) in [5, 5.41) is 3.75. The summed E-state index contributed by atoms with van der Waals surface area (Å²) >= 11 is 0. The van der Waals surface area contributed by atoms with Crippen molar-refractivity contribution in [2.75, 3.05) is 0 Å². The first-order chi connectivity index (χ1) is 9.24. The van der Waals surface area contributed by atoms with E-state index in [1.807, 2.05) is 0 Å². The first-order valence-corrected chi connectivity index (χ1v) is 6.80. The number of benzene rings is 1. The van der Waals surface area contributed by atoms with Gasteiger partial charge in [-0.25, -0.2) is 9.82 Å². The highest BCUT2D eigenvalue weighted by Gasteiger charge is 2.00. The van der Waals surface area contributed by atoms with Gasteiger partial charge in [-0.15, -0.1) is 0 Å². The maximum absolute atomic E-state index is 13.2. The summed E-state index contributed by atoms with van der Waals surface area (Å²) in [6.07, 6.45) is 7.32. The Morgan fingerprint density at radius 3 is 2.74 bits per heavy atom. The second-order valence-electron chi connectivity index (χ2n) is 4.48. The van der Waals surface area contributed by atoms with E-state index >= 15 is 0 Å². The van der Waals surface area contributed by atoms with Crippen molar-refractivity contribution in [3.05, 3.63) is 35.6 Å². The summed E-state index contributed by atoms with van der Waals surface area (Å²) in [5.41, 5.74) is 2.78. The Balaban J connectivity index is 2.21. The van der Waals surface area contributed by atoms with Crippen LogP contribution in [-0.4, -0.2) is 12.1 Å². The monoisotopic (exact) mass is 264 g/mol. The molecule has 104 valence electrons. The zero-order valence-corrected chi connectivity index (χ0v) is 11.4. The molecule has 1 N–H and O–H groups in total. The lowest BCUT2D eigenvalue weighted by Gasteiger charge is -2.00. The molecule has 4 heteroatoms. The summed E-state index contributed by atoms with van der Waals surface area (Å²) < 4.78 is 13.2. The van der Waals surface area contributed by atoms with Crippen LogP contribution >= 0.6 is 0 Å². The van der Waals surface area contributed by atoms with E-state index in [0.29, 0.717) is 12.0 Å². The Morgan fingerprint density at radius 2 is 2.00 bits per heavy atom. The average Bonchev–Trinajstić information content (AvgIpc) is 2.41. The lowest BCUT2D eigenvalue weighted by Crippen LogP contribution is -2.17. The highest BCUT2D eigenvalue weighted by Crippen LogP contribution is 2.05. The number of amides is 1. The summed E-state index contributed by atoms with van der Waals surface area (Å²) in [6.45, 7) is 2.16. The minimum absolute atomic E-state index is 0.121. The SMILES string of the molecule is CCCCCCCC(=O)N/N=C/c1ccccc1F. The van der Waals surface area contributed by atoms with Crippen molar-refractivity contribution in [2.24, 2.45) is 5.10 Å². The molecule has 1 aromatic carbocycles. The van der Waals surface area contributed by atoms with E-state index in [-0.39, 0.29) is 11.7 Å². The number of hydrogen-bond acceptors (Lipinski definition) is 2. The average molecular weight is 264 g/mol. The van der Waals surface area contributed by atoms with Gasteiger partial charge in [-0.2, -0.15) is 5.10 Å². The molecule has 0 saturated carbocycles. The van der Waals surface area contributed by atoms with Crippen LogP contribution in [0.25, 0.3) is 0 Å². The second kappa shape index (κ2) is 9.25. The fourth-order valence-corrected chi connectivity index (χ4v) is 1.70. The molecule has 0 bridgehead atoms. The fourth-order valence-electron chi connectivity index (χ4n) is 1.70. The Kier molecular flexibility index (Phi) is 7.47. The quantitative estimate of drug-likeness (QED) is 0.435.